The van der Waals surface area contributed by atoms with E-state index in [9.17, 15) is 13.6 Å². The van der Waals surface area contributed by atoms with Crippen molar-refractivity contribution in [3.63, 3.8) is 0 Å². The zero-order chi connectivity index (χ0) is 22.2. The monoisotopic (exact) mass is 415 g/mol. The number of fused-ring (bicyclic) bond motifs is 1. The molecule has 0 amide bonds. The number of rotatable bonds is 5. The highest BCUT2D eigenvalue weighted by Crippen LogP contribution is 2.37. The van der Waals surface area contributed by atoms with Gasteiger partial charge in [0.1, 0.15) is 11.6 Å². The number of hydrogen-bond donors (Lipinski definition) is 0. The first-order valence-electron chi connectivity index (χ1n) is 10.0. The Morgan fingerprint density at radius 3 is 2.50 bits per heavy atom. The molecule has 3 rings (SSSR count). The number of aromatic nitrogens is 3. The molecule has 7 heteroatoms. The number of ether oxygens (including phenoxy) is 1. The fraction of sp³-hybridized carbons (Fsp3) is 0.435. The molecule has 0 spiro atoms. The normalized spacial score (nSPS) is 12.9. The Bertz CT molecular complexity index is 1100. The van der Waals surface area contributed by atoms with Gasteiger partial charge in [0.2, 0.25) is 0 Å². The molecule has 0 aliphatic rings. The van der Waals surface area contributed by atoms with Crippen LogP contribution < -0.4 is 0 Å². The SMILES string of the molecule is CCCC(C(=O)OC)c1c(C)nc2cc(C(C)(C)C)nn2c1-c1ccc(F)cc1F. The van der Waals surface area contributed by atoms with Crippen molar-refractivity contribution in [2.75, 3.05) is 7.11 Å². The lowest BCUT2D eigenvalue weighted by atomic mass is 9.89. The number of carbonyl (C=O) groups is 1. The predicted molar refractivity (Wildman–Crippen MR) is 111 cm³/mol. The van der Waals surface area contributed by atoms with E-state index in [1.807, 2.05) is 33.8 Å². The molecule has 1 unspecified atom stereocenters. The number of halogens is 2. The summed E-state index contributed by atoms with van der Waals surface area (Å²) in [6.45, 7) is 9.82. The topological polar surface area (TPSA) is 56.5 Å². The average molecular weight is 415 g/mol. The third-order valence-corrected chi connectivity index (χ3v) is 5.20. The highest BCUT2D eigenvalue weighted by Gasteiger charge is 2.31. The zero-order valence-electron chi connectivity index (χ0n) is 18.2. The second-order valence-electron chi connectivity index (χ2n) is 8.50. The van der Waals surface area contributed by atoms with E-state index in [0.717, 1.165) is 18.2 Å². The number of esters is 1. The largest absolute Gasteiger partial charge is 0.469 e. The summed E-state index contributed by atoms with van der Waals surface area (Å²) in [4.78, 5) is 17.3. The van der Waals surface area contributed by atoms with Crippen LogP contribution >= 0.6 is 0 Å². The Kier molecular flexibility index (Phi) is 5.92. The third kappa shape index (κ3) is 3.93. The Hall–Kier alpha value is -2.83. The van der Waals surface area contributed by atoms with Crippen molar-refractivity contribution >= 4 is 11.6 Å². The summed E-state index contributed by atoms with van der Waals surface area (Å²) in [5.41, 5.74) is 2.76. The van der Waals surface area contributed by atoms with Crippen LogP contribution in [-0.2, 0) is 14.9 Å². The summed E-state index contributed by atoms with van der Waals surface area (Å²) in [5.74, 6) is -2.46. The van der Waals surface area contributed by atoms with E-state index >= 15 is 0 Å². The number of hydrogen-bond acceptors (Lipinski definition) is 4. The van der Waals surface area contributed by atoms with Crippen LogP contribution in [0.4, 0.5) is 8.78 Å². The molecule has 1 atom stereocenters. The molecule has 0 aliphatic carbocycles. The standard InChI is InChI=1S/C23H27F2N3O2/c1-7-8-16(22(29)30-6)20-13(2)26-19-12-18(23(3,4)5)27-28(19)21(20)15-10-9-14(24)11-17(15)25/h9-12,16H,7-8H2,1-6H3. The Labute approximate surface area is 175 Å². The van der Waals surface area contributed by atoms with E-state index in [1.165, 1.54) is 19.2 Å². The molecule has 2 aromatic heterocycles. The molecule has 5 nitrogen and oxygen atoms in total. The van der Waals surface area contributed by atoms with Crippen LogP contribution in [0.3, 0.4) is 0 Å². The Morgan fingerprint density at radius 2 is 1.93 bits per heavy atom. The molecule has 2 heterocycles. The molecule has 0 N–H and O–H groups in total. The predicted octanol–water partition coefficient (Wildman–Crippen LogP) is 5.34. The van der Waals surface area contributed by atoms with Gasteiger partial charge in [0.15, 0.2) is 5.65 Å². The Balaban J connectivity index is 2.45. The quantitative estimate of drug-likeness (QED) is 0.528. The van der Waals surface area contributed by atoms with Crippen LogP contribution in [-0.4, -0.2) is 27.7 Å². The van der Waals surface area contributed by atoms with Gasteiger partial charge in [-0.25, -0.2) is 18.3 Å². The van der Waals surface area contributed by atoms with Gasteiger partial charge in [-0.15, -0.1) is 0 Å². The van der Waals surface area contributed by atoms with E-state index in [0.29, 0.717) is 29.0 Å². The van der Waals surface area contributed by atoms with Crippen LogP contribution in [0.2, 0.25) is 0 Å². The van der Waals surface area contributed by atoms with Crippen LogP contribution in [0.25, 0.3) is 16.9 Å². The molecular formula is C23H27F2N3O2. The van der Waals surface area contributed by atoms with Gasteiger partial charge < -0.3 is 4.74 Å². The van der Waals surface area contributed by atoms with E-state index in [2.05, 4.69) is 4.98 Å². The maximum atomic E-state index is 14.9. The second kappa shape index (κ2) is 8.13. The van der Waals surface area contributed by atoms with Crippen LogP contribution in [0.1, 0.15) is 63.4 Å². The number of nitrogens with zero attached hydrogens (tertiary/aromatic N) is 3. The van der Waals surface area contributed by atoms with Gasteiger partial charge in [0.25, 0.3) is 0 Å². The van der Waals surface area contributed by atoms with Gasteiger partial charge >= 0.3 is 5.97 Å². The van der Waals surface area contributed by atoms with Crippen molar-refractivity contribution in [3.8, 4) is 11.3 Å². The fourth-order valence-corrected chi connectivity index (χ4v) is 3.67. The summed E-state index contributed by atoms with van der Waals surface area (Å²) < 4.78 is 35.2. The van der Waals surface area contributed by atoms with E-state index in [1.54, 1.807) is 11.4 Å². The number of aryl methyl sites for hydroxylation is 1. The zero-order valence-corrected chi connectivity index (χ0v) is 18.2. The van der Waals surface area contributed by atoms with Crippen LogP contribution in [0, 0.1) is 18.6 Å². The molecule has 0 saturated carbocycles. The highest BCUT2D eigenvalue weighted by atomic mass is 19.1. The van der Waals surface area contributed by atoms with Gasteiger partial charge in [-0.2, -0.15) is 5.10 Å². The number of carbonyl (C=O) groups excluding carboxylic acids is 1. The summed E-state index contributed by atoms with van der Waals surface area (Å²) in [6.07, 6.45) is 1.22. The fourth-order valence-electron chi connectivity index (χ4n) is 3.67. The van der Waals surface area contributed by atoms with Crippen molar-refractivity contribution in [1.29, 1.82) is 0 Å². The molecule has 0 saturated heterocycles. The minimum Gasteiger partial charge on any atom is -0.469 e. The Morgan fingerprint density at radius 1 is 1.23 bits per heavy atom. The molecule has 160 valence electrons. The molecule has 1 aromatic carbocycles. The summed E-state index contributed by atoms with van der Waals surface area (Å²) in [7, 11) is 1.33. The van der Waals surface area contributed by atoms with Gasteiger partial charge in [0.05, 0.1) is 24.4 Å². The maximum absolute atomic E-state index is 14.9. The van der Waals surface area contributed by atoms with Crippen molar-refractivity contribution in [1.82, 2.24) is 14.6 Å². The van der Waals surface area contributed by atoms with Crippen molar-refractivity contribution in [2.45, 2.75) is 58.8 Å². The molecule has 30 heavy (non-hydrogen) atoms. The first-order chi connectivity index (χ1) is 14.1. The van der Waals surface area contributed by atoms with E-state index < -0.39 is 23.5 Å². The lowest BCUT2D eigenvalue weighted by Crippen LogP contribution is -2.19. The van der Waals surface area contributed by atoms with Crippen molar-refractivity contribution in [3.05, 3.63) is 52.9 Å². The van der Waals surface area contributed by atoms with Crippen molar-refractivity contribution in [2.24, 2.45) is 0 Å². The smallest absolute Gasteiger partial charge is 0.313 e. The number of methoxy groups -OCH3 is 1. The second-order valence-corrected chi connectivity index (χ2v) is 8.50. The lowest BCUT2D eigenvalue weighted by Gasteiger charge is -2.21. The molecule has 0 aliphatic heterocycles. The summed E-state index contributed by atoms with van der Waals surface area (Å²) in [6, 6.07) is 5.27. The first-order valence-corrected chi connectivity index (χ1v) is 10.0. The van der Waals surface area contributed by atoms with Gasteiger partial charge in [-0.1, -0.05) is 34.1 Å². The van der Waals surface area contributed by atoms with Crippen LogP contribution in [0.5, 0.6) is 0 Å². The van der Waals surface area contributed by atoms with Gasteiger partial charge in [-0.05, 0) is 25.5 Å². The molecule has 0 fully saturated rings. The van der Waals surface area contributed by atoms with Gasteiger partial charge in [-0.3, -0.25) is 4.79 Å². The molecule has 0 bridgehead atoms. The first kappa shape index (κ1) is 21.9. The average Bonchev–Trinajstić information content (AvgIpc) is 3.09. The molecule has 0 radical (unpaired) electrons. The third-order valence-electron chi connectivity index (χ3n) is 5.20. The minimum absolute atomic E-state index is 0.162. The lowest BCUT2D eigenvalue weighted by molar-refractivity contribution is -0.142. The van der Waals surface area contributed by atoms with Crippen LogP contribution in [0.15, 0.2) is 24.3 Å². The molecule has 3 aromatic rings. The van der Waals surface area contributed by atoms with Gasteiger partial charge in [0, 0.05) is 34.4 Å². The summed E-state index contributed by atoms with van der Waals surface area (Å²) in [5, 5.41) is 4.69. The minimum atomic E-state index is -0.726. The summed E-state index contributed by atoms with van der Waals surface area (Å²) >= 11 is 0. The number of benzene rings is 1. The highest BCUT2D eigenvalue weighted by molar-refractivity contribution is 5.83. The van der Waals surface area contributed by atoms with Crippen molar-refractivity contribution < 1.29 is 18.3 Å². The molecular weight excluding hydrogens is 388 g/mol. The van der Waals surface area contributed by atoms with E-state index in [-0.39, 0.29) is 11.0 Å². The van der Waals surface area contributed by atoms with E-state index in [4.69, 9.17) is 9.84 Å². The maximum Gasteiger partial charge on any atom is 0.313 e.